The highest BCUT2D eigenvalue weighted by atomic mass is 16.5. The number of hydrogen-bond donors (Lipinski definition) is 2. The third kappa shape index (κ3) is 2.91. The lowest BCUT2D eigenvalue weighted by Gasteiger charge is -2.08. The molecule has 0 unspecified atom stereocenters. The van der Waals surface area contributed by atoms with E-state index in [1.165, 1.54) is 26.5 Å². The summed E-state index contributed by atoms with van der Waals surface area (Å²) in [5.41, 5.74) is 6.03. The Morgan fingerprint density at radius 1 is 1.25 bits per heavy atom. The molecule has 0 bridgehead atoms. The molecule has 0 fully saturated rings. The van der Waals surface area contributed by atoms with Gasteiger partial charge in [-0.05, 0) is 12.1 Å². The Morgan fingerprint density at radius 3 is 2.45 bits per heavy atom. The lowest BCUT2D eigenvalue weighted by Crippen LogP contribution is -2.17. The molecule has 2 rings (SSSR count). The molecule has 0 spiro atoms. The van der Waals surface area contributed by atoms with Gasteiger partial charge < -0.3 is 15.2 Å². The smallest absolute Gasteiger partial charge is 0.278 e. The van der Waals surface area contributed by atoms with Crippen LogP contribution in [0, 0.1) is 0 Å². The predicted octanol–water partition coefficient (Wildman–Crippen LogP) is 0.723. The first-order valence-corrected chi connectivity index (χ1v) is 5.63. The van der Waals surface area contributed by atoms with Crippen molar-refractivity contribution in [3.8, 4) is 11.8 Å². The monoisotopic (exact) mass is 275 g/mol. The summed E-state index contributed by atoms with van der Waals surface area (Å²) in [4.78, 5) is 23.9. The quantitative estimate of drug-likeness (QED) is 0.845. The van der Waals surface area contributed by atoms with Gasteiger partial charge in [-0.3, -0.25) is 10.1 Å². The number of amides is 1. The number of nitrogens with one attached hydrogen (secondary N) is 1. The molecule has 3 N–H and O–H groups in total. The average molecular weight is 275 g/mol. The second kappa shape index (κ2) is 5.83. The fourth-order valence-corrected chi connectivity index (χ4v) is 1.44. The number of nitrogen functional groups attached to an aromatic ring is 1. The molecule has 0 aliphatic rings. The number of pyridine rings is 1. The highest BCUT2D eigenvalue weighted by molar-refractivity contribution is 6.05. The molecule has 104 valence electrons. The summed E-state index contributed by atoms with van der Waals surface area (Å²) in [6.07, 6.45) is 1.47. The Hall–Kier alpha value is -2.90. The van der Waals surface area contributed by atoms with E-state index < -0.39 is 5.91 Å². The van der Waals surface area contributed by atoms with Crippen LogP contribution in [0.25, 0.3) is 0 Å². The van der Waals surface area contributed by atoms with Crippen molar-refractivity contribution in [2.45, 2.75) is 0 Å². The number of hydrogen-bond acceptors (Lipinski definition) is 7. The van der Waals surface area contributed by atoms with Gasteiger partial charge in [0.1, 0.15) is 0 Å². The van der Waals surface area contributed by atoms with Crippen LogP contribution in [0.1, 0.15) is 10.5 Å². The van der Waals surface area contributed by atoms with Crippen LogP contribution in [0.5, 0.6) is 11.8 Å². The van der Waals surface area contributed by atoms with Gasteiger partial charge >= 0.3 is 0 Å². The van der Waals surface area contributed by atoms with Gasteiger partial charge in [0.2, 0.25) is 17.7 Å². The lowest BCUT2D eigenvalue weighted by atomic mass is 10.3. The van der Waals surface area contributed by atoms with Crippen LogP contribution >= 0.6 is 0 Å². The van der Waals surface area contributed by atoms with E-state index in [1.54, 1.807) is 12.1 Å². The van der Waals surface area contributed by atoms with Crippen LogP contribution in [0.15, 0.2) is 24.4 Å². The van der Waals surface area contributed by atoms with Gasteiger partial charge in [0, 0.05) is 6.20 Å². The van der Waals surface area contributed by atoms with Crippen molar-refractivity contribution in [3.05, 3.63) is 30.1 Å². The number of nitrogens with two attached hydrogens (primary N) is 1. The number of ether oxygens (including phenoxy) is 2. The topological polar surface area (TPSA) is 112 Å². The lowest BCUT2D eigenvalue weighted by molar-refractivity contribution is 0.102. The van der Waals surface area contributed by atoms with Crippen LogP contribution in [0.3, 0.4) is 0 Å². The third-order valence-corrected chi connectivity index (χ3v) is 2.38. The summed E-state index contributed by atoms with van der Waals surface area (Å²) < 4.78 is 9.97. The standard InChI is InChI=1S/C12H13N5O3/c1-19-8-6-9(20-2)16-12(15-8)17-11(18)10-7(13)4-3-5-14-10/h3-6H,13H2,1-2H3,(H,15,16,17,18). The molecule has 0 saturated carbocycles. The minimum absolute atomic E-state index is 0.0382. The number of aromatic nitrogens is 3. The number of nitrogens with zero attached hydrogens (tertiary/aromatic N) is 3. The molecule has 8 heteroatoms. The number of methoxy groups -OCH3 is 2. The van der Waals surface area contributed by atoms with Crippen LogP contribution in [0.4, 0.5) is 11.6 Å². The fourth-order valence-electron chi connectivity index (χ4n) is 1.44. The van der Waals surface area contributed by atoms with E-state index in [9.17, 15) is 4.79 Å². The van der Waals surface area contributed by atoms with Crippen molar-refractivity contribution >= 4 is 17.5 Å². The predicted molar refractivity (Wildman–Crippen MR) is 71.7 cm³/mol. The van der Waals surface area contributed by atoms with E-state index >= 15 is 0 Å². The van der Waals surface area contributed by atoms with Crippen LogP contribution in [-0.4, -0.2) is 35.1 Å². The maximum atomic E-state index is 12.0. The second-order valence-electron chi connectivity index (χ2n) is 3.67. The van der Waals surface area contributed by atoms with Gasteiger partial charge in [-0.1, -0.05) is 0 Å². The molecule has 2 aromatic heterocycles. The molecule has 0 aliphatic heterocycles. The fraction of sp³-hybridized carbons (Fsp3) is 0.167. The first-order chi connectivity index (χ1) is 9.63. The van der Waals surface area contributed by atoms with Crippen molar-refractivity contribution < 1.29 is 14.3 Å². The maximum Gasteiger partial charge on any atom is 0.278 e. The summed E-state index contributed by atoms with van der Waals surface area (Å²) >= 11 is 0. The van der Waals surface area contributed by atoms with Crippen molar-refractivity contribution in [1.82, 2.24) is 15.0 Å². The van der Waals surface area contributed by atoms with Crippen molar-refractivity contribution in [1.29, 1.82) is 0 Å². The third-order valence-electron chi connectivity index (χ3n) is 2.38. The Kier molecular flexibility index (Phi) is 3.94. The normalized spacial score (nSPS) is 9.90. The minimum Gasteiger partial charge on any atom is -0.481 e. The molecule has 0 atom stereocenters. The van der Waals surface area contributed by atoms with Crippen molar-refractivity contribution in [2.24, 2.45) is 0 Å². The summed E-state index contributed by atoms with van der Waals surface area (Å²) in [5, 5.41) is 2.48. The van der Waals surface area contributed by atoms with Gasteiger partial charge in [-0.25, -0.2) is 4.98 Å². The summed E-state index contributed by atoms with van der Waals surface area (Å²) in [5.74, 6) is 0.0527. The highest BCUT2D eigenvalue weighted by Crippen LogP contribution is 2.18. The Bertz CT molecular complexity index is 610. The average Bonchev–Trinajstić information content (AvgIpc) is 2.47. The SMILES string of the molecule is COc1cc(OC)nc(NC(=O)c2ncccc2N)n1. The van der Waals surface area contributed by atoms with Crippen LogP contribution in [-0.2, 0) is 0 Å². The van der Waals surface area contributed by atoms with E-state index in [0.717, 1.165) is 0 Å². The number of carbonyl (C=O) groups excluding carboxylic acids is 1. The van der Waals surface area contributed by atoms with Crippen molar-refractivity contribution in [3.63, 3.8) is 0 Å². The van der Waals surface area contributed by atoms with Crippen LogP contribution < -0.4 is 20.5 Å². The van der Waals surface area contributed by atoms with E-state index in [-0.39, 0.29) is 29.1 Å². The molecule has 0 saturated heterocycles. The largest absolute Gasteiger partial charge is 0.481 e. The first-order valence-electron chi connectivity index (χ1n) is 5.63. The minimum atomic E-state index is -0.515. The second-order valence-corrected chi connectivity index (χ2v) is 3.67. The van der Waals surface area contributed by atoms with Gasteiger partial charge in [0.05, 0.1) is 26.0 Å². The molecular formula is C12H13N5O3. The van der Waals surface area contributed by atoms with E-state index in [4.69, 9.17) is 15.2 Å². The van der Waals surface area contributed by atoms with Gasteiger partial charge in [0.25, 0.3) is 5.91 Å². The summed E-state index contributed by atoms with van der Waals surface area (Å²) in [7, 11) is 2.90. The first kappa shape index (κ1) is 13.5. The molecular weight excluding hydrogens is 262 g/mol. The molecule has 1 amide bonds. The maximum absolute atomic E-state index is 12.0. The highest BCUT2D eigenvalue weighted by Gasteiger charge is 2.14. The van der Waals surface area contributed by atoms with E-state index in [1.807, 2.05) is 0 Å². The summed E-state index contributed by atoms with van der Waals surface area (Å²) in [6.45, 7) is 0. The van der Waals surface area contributed by atoms with E-state index in [0.29, 0.717) is 0 Å². The number of anilines is 2. The molecule has 2 aromatic rings. The zero-order valence-electron chi connectivity index (χ0n) is 11.0. The molecule has 0 aromatic carbocycles. The Balaban J connectivity index is 2.26. The van der Waals surface area contributed by atoms with Gasteiger partial charge in [-0.2, -0.15) is 9.97 Å². The Labute approximate surface area is 115 Å². The molecule has 0 aliphatic carbocycles. The van der Waals surface area contributed by atoms with Gasteiger partial charge in [-0.15, -0.1) is 0 Å². The zero-order valence-corrected chi connectivity index (χ0v) is 11.0. The number of rotatable bonds is 4. The molecule has 2 heterocycles. The van der Waals surface area contributed by atoms with Crippen molar-refractivity contribution in [2.75, 3.05) is 25.3 Å². The van der Waals surface area contributed by atoms with Gasteiger partial charge in [0.15, 0.2) is 5.69 Å². The molecule has 8 nitrogen and oxygen atoms in total. The van der Waals surface area contributed by atoms with E-state index in [2.05, 4.69) is 20.3 Å². The molecule has 0 radical (unpaired) electrons. The molecule has 20 heavy (non-hydrogen) atoms. The summed E-state index contributed by atoms with van der Waals surface area (Å²) in [6, 6.07) is 4.71. The Morgan fingerprint density at radius 2 is 1.90 bits per heavy atom. The number of carbonyl (C=O) groups is 1. The van der Waals surface area contributed by atoms with Crippen LogP contribution in [0.2, 0.25) is 0 Å². The zero-order chi connectivity index (χ0) is 14.5.